The van der Waals surface area contributed by atoms with Crippen molar-refractivity contribution in [2.45, 2.75) is 45.4 Å². The molecule has 1 aromatic heterocycles. The van der Waals surface area contributed by atoms with Crippen molar-refractivity contribution < 1.29 is 4.79 Å². The lowest BCUT2D eigenvalue weighted by Crippen LogP contribution is -2.24. The molecule has 0 radical (unpaired) electrons. The summed E-state index contributed by atoms with van der Waals surface area (Å²) in [6.45, 7) is 2.94. The number of carbonyl (C=O) groups excluding carboxylic acids is 1. The number of unbranched alkanes of at least 4 members (excludes halogenated alkanes) is 5. The molecule has 1 heterocycles. The fourth-order valence-corrected chi connectivity index (χ4v) is 4.63. The third kappa shape index (κ3) is 4.25. The summed E-state index contributed by atoms with van der Waals surface area (Å²) >= 11 is 0. The van der Waals surface area contributed by atoms with Gasteiger partial charge < -0.3 is 5.32 Å². The molecule has 0 saturated carbocycles. The third-order valence-electron chi connectivity index (χ3n) is 6.40. The van der Waals surface area contributed by atoms with Gasteiger partial charge in [0.1, 0.15) is 0 Å². The number of rotatable bonds is 8. The first-order chi connectivity index (χ1) is 16.3. The van der Waals surface area contributed by atoms with Gasteiger partial charge in [0.05, 0.1) is 22.1 Å². The van der Waals surface area contributed by atoms with Crippen molar-refractivity contribution in [3.05, 3.63) is 72.3 Å². The highest BCUT2D eigenvalue weighted by atomic mass is 16.1. The normalized spacial score (nSPS) is 11.5. The van der Waals surface area contributed by atoms with Gasteiger partial charge in [0.15, 0.2) is 0 Å². The van der Waals surface area contributed by atoms with Gasteiger partial charge in [-0.25, -0.2) is 9.97 Å². The molecule has 0 atom stereocenters. The summed E-state index contributed by atoms with van der Waals surface area (Å²) in [7, 11) is 0. The SMILES string of the molecule is CCCCCCCCNC(=O)c1ccc2nc3c4ccccc4c4ccccc4c3nc2c1. The van der Waals surface area contributed by atoms with Crippen molar-refractivity contribution in [1.29, 1.82) is 0 Å². The number of hydrogen-bond acceptors (Lipinski definition) is 3. The van der Waals surface area contributed by atoms with Crippen molar-refractivity contribution in [2.75, 3.05) is 6.54 Å². The Bertz CT molecular complexity index is 1460. The van der Waals surface area contributed by atoms with Crippen LogP contribution < -0.4 is 5.32 Å². The number of aromatic nitrogens is 2. The quantitative estimate of drug-likeness (QED) is 0.160. The second-order valence-corrected chi connectivity index (χ2v) is 8.74. The molecule has 1 N–H and O–H groups in total. The van der Waals surface area contributed by atoms with Crippen LogP contribution in [0.3, 0.4) is 0 Å². The van der Waals surface area contributed by atoms with Gasteiger partial charge in [-0.3, -0.25) is 4.79 Å². The summed E-state index contributed by atoms with van der Waals surface area (Å²) in [5.74, 6) is -0.0456. The molecule has 4 heteroatoms. The molecule has 0 aliphatic heterocycles. The zero-order valence-electron chi connectivity index (χ0n) is 19.1. The first-order valence-electron chi connectivity index (χ1n) is 12.1. The van der Waals surface area contributed by atoms with Crippen molar-refractivity contribution in [1.82, 2.24) is 15.3 Å². The summed E-state index contributed by atoms with van der Waals surface area (Å²) in [6, 6.07) is 22.3. The second-order valence-electron chi connectivity index (χ2n) is 8.74. The topological polar surface area (TPSA) is 54.9 Å². The molecule has 4 nitrogen and oxygen atoms in total. The molecule has 5 rings (SSSR count). The van der Waals surface area contributed by atoms with E-state index in [1.165, 1.54) is 36.5 Å². The molecule has 33 heavy (non-hydrogen) atoms. The fourth-order valence-electron chi connectivity index (χ4n) is 4.63. The minimum Gasteiger partial charge on any atom is -0.352 e. The van der Waals surface area contributed by atoms with Gasteiger partial charge in [-0.1, -0.05) is 87.6 Å². The van der Waals surface area contributed by atoms with Crippen molar-refractivity contribution in [2.24, 2.45) is 0 Å². The Morgan fingerprint density at radius 2 is 1.27 bits per heavy atom. The lowest BCUT2D eigenvalue weighted by atomic mass is 9.99. The number of carbonyl (C=O) groups is 1. The first-order valence-corrected chi connectivity index (χ1v) is 12.1. The molecule has 166 valence electrons. The lowest BCUT2D eigenvalue weighted by molar-refractivity contribution is 0.0953. The molecule has 0 bridgehead atoms. The molecule has 5 aromatic rings. The Morgan fingerprint density at radius 1 is 0.697 bits per heavy atom. The summed E-state index contributed by atoms with van der Waals surface area (Å²) in [5.41, 5.74) is 3.95. The zero-order chi connectivity index (χ0) is 22.6. The maximum Gasteiger partial charge on any atom is 0.251 e. The van der Waals surface area contributed by atoms with E-state index in [0.29, 0.717) is 12.1 Å². The van der Waals surface area contributed by atoms with Crippen LogP contribution in [-0.4, -0.2) is 22.4 Å². The average molecular weight is 436 g/mol. The summed E-state index contributed by atoms with van der Waals surface area (Å²) in [4.78, 5) is 22.7. The average Bonchev–Trinajstić information content (AvgIpc) is 2.87. The standard InChI is InChI=1S/C29H29N3O/c1-2-3-4-5-6-11-18-30-29(33)20-16-17-25-26(19-20)32-28-24-15-10-8-13-22(24)21-12-7-9-14-23(21)27(28)31-25/h7-10,12-17,19H,2-6,11,18H2,1H3,(H,30,33). The van der Waals surface area contributed by atoms with Gasteiger partial charge in [-0.2, -0.15) is 0 Å². The number of nitrogens with one attached hydrogen (secondary N) is 1. The molecule has 4 aromatic carbocycles. The number of fused-ring (bicyclic) bond motifs is 7. The molecule has 0 fully saturated rings. The van der Waals surface area contributed by atoms with E-state index in [1.54, 1.807) is 0 Å². The Morgan fingerprint density at radius 3 is 1.94 bits per heavy atom. The zero-order valence-corrected chi connectivity index (χ0v) is 19.1. The Kier molecular flexibility index (Phi) is 6.16. The van der Waals surface area contributed by atoms with E-state index in [-0.39, 0.29) is 5.91 Å². The van der Waals surface area contributed by atoms with E-state index in [2.05, 4.69) is 48.6 Å². The van der Waals surface area contributed by atoms with Gasteiger partial charge in [-0.15, -0.1) is 0 Å². The van der Waals surface area contributed by atoms with E-state index in [4.69, 9.17) is 9.97 Å². The molecule has 0 aliphatic rings. The van der Waals surface area contributed by atoms with Gasteiger partial charge in [0.25, 0.3) is 5.91 Å². The molecular formula is C29H29N3O. The minimum absolute atomic E-state index is 0.0456. The highest BCUT2D eigenvalue weighted by molar-refractivity contribution is 6.23. The maximum atomic E-state index is 12.7. The van der Waals surface area contributed by atoms with Gasteiger partial charge >= 0.3 is 0 Å². The molecule has 0 aliphatic carbocycles. The summed E-state index contributed by atoms with van der Waals surface area (Å²) in [6.07, 6.45) is 7.26. The number of nitrogens with zero attached hydrogens (tertiary/aromatic N) is 2. The second kappa shape index (κ2) is 9.53. The van der Waals surface area contributed by atoms with Crippen LogP contribution in [-0.2, 0) is 0 Å². The van der Waals surface area contributed by atoms with Crippen LogP contribution in [0.5, 0.6) is 0 Å². The first kappa shape index (κ1) is 21.3. The molecule has 1 amide bonds. The Hall–Kier alpha value is -3.53. The van der Waals surface area contributed by atoms with Crippen LogP contribution in [0.25, 0.3) is 43.6 Å². The summed E-state index contributed by atoms with van der Waals surface area (Å²) in [5, 5.41) is 7.59. The molecule has 0 unspecified atom stereocenters. The highest BCUT2D eigenvalue weighted by Gasteiger charge is 2.13. The van der Waals surface area contributed by atoms with Gasteiger partial charge in [0.2, 0.25) is 0 Å². The third-order valence-corrected chi connectivity index (χ3v) is 6.40. The highest BCUT2D eigenvalue weighted by Crippen LogP contribution is 2.33. The van der Waals surface area contributed by atoms with Crippen LogP contribution in [0, 0.1) is 0 Å². The monoisotopic (exact) mass is 435 g/mol. The smallest absolute Gasteiger partial charge is 0.251 e. The van der Waals surface area contributed by atoms with Crippen molar-refractivity contribution in [3.8, 4) is 0 Å². The number of amides is 1. The van der Waals surface area contributed by atoms with E-state index < -0.39 is 0 Å². The van der Waals surface area contributed by atoms with E-state index in [0.717, 1.165) is 45.7 Å². The molecular weight excluding hydrogens is 406 g/mol. The van der Waals surface area contributed by atoms with Crippen molar-refractivity contribution in [3.63, 3.8) is 0 Å². The van der Waals surface area contributed by atoms with Gasteiger partial charge in [-0.05, 0) is 35.4 Å². The van der Waals surface area contributed by atoms with Gasteiger partial charge in [0, 0.05) is 22.9 Å². The van der Waals surface area contributed by atoms with Crippen LogP contribution in [0.2, 0.25) is 0 Å². The maximum absolute atomic E-state index is 12.7. The summed E-state index contributed by atoms with van der Waals surface area (Å²) < 4.78 is 0. The van der Waals surface area contributed by atoms with Crippen LogP contribution in [0.1, 0.15) is 55.8 Å². The minimum atomic E-state index is -0.0456. The van der Waals surface area contributed by atoms with Crippen LogP contribution in [0.4, 0.5) is 0 Å². The number of benzene rings is 4. The van der Waals surface area contributed by atoms with Crippen LogP contribution in [0.15, 0.2) is 66.7 Å². The van der Waals surface area contributed by atoms with E-state index >= 15 is 0 Å². The largest absolute Gasteiger partial charge is 0.352 e. The predicted octanol–water partition coefficient (Wildman–Crippen LogP) is 7.18. The predicted molar refractivity (Wildman–Crippen MR) is 138 cm³/mol. The van der Waals surface area contributed by atoms with E-state index in [9.17, 15) is 4.79 Å². The molecule has 0 saturated heterocycles. The Labute approximate surface area is 194 Å². The Balaban J connectivity index is 1.46. The lowest BCUT2D eigenvalue weighted by Gasteiger charge is -2.11. The fraction of sp³-hybridized carbons (Fsp3) is 0.276. The van der Waals surface area contributed by atoms with Crippen LogP contribution >= 0.6 is 0 Å². The van der Waals surface area contributed by atoms with Crippen molar-refractivity contribution >= 4 is 49.5 Å². The van der Waals surface area contributed by atoms with E-state index in [1.807, 2.05) is 30.3 Å². The molecule has 0 spiro atoms. The number of hydrogen-bond donors (Lipinski definition) is 1.